The summed E-state index contributed by atoms with van der Waals surface area (Å²) >= 11 is 0. The Kier molecular flexibility index (Phi) is 1.84. The van der Waals surface area contributed by atoms with Gasteiger partial charge in [-0.25, -0.2) is 8.78 Å². The number of nitrogens with two attached hydrogens (primary N) is 1. The molecule has 1 fully saturated rings. The Hall–Kier alpha value is -0.960. The van der Waals surface area contributed by atoms with Crippen LogP contribution in [0.5, 0.6) is 0 Å². The van der Waals surface area contributed by atoms with E-state index in [1.54, 1.807) is 24.3 Å². The number of hydrogen-bond donors (Lipinski definition) is 1. The fourth-order valence-electron chi connectivity index (χ4n) is 1.80. The van der Waals surface area contributed by atoms with Crippen molar-refractivity contribution in [3.05, 3.63) is 35.9 Å². The molecule has 0 amide bonds. The van der Waals surface area contributed by atoms with Gasteiger partial charge >= 0.3 is 0 Å². The topological polar surface area (TPSA) is 26.0 Å². The van der Waals surface area contributed by atoms with Crippen LogP contribution in [0.25, 0.3) is 0 Å². The molecule has 0 heterocycles. The second kappa shape index (κ2) is 2.77. The Morgan fingerprint density at radius 1 is 1.23 bits per heavy atom. The molecule has 0 bridgehead atoms. The second-order valence-electron chi connectivity index (χ2n) is 3.41. The third kappa shape index (κ3) is 1.23. The molecule has 3 heteroatoms. The Morgan fingerprint density at radius 3 is 2.31 bits per heavy atom. The molecule has 1 aromatic rings. The van der Waals surface area contributed by atoms with Gasteiger partial charge in [0.1, 0.15) is 0 Å². The molecule has 1 aliphatic carbocycles. The second-order valence-corrected chi connectivity index (χ2v) is 3.41. The molecule has 2 rings (SSSR count). The van der Waals surface area contributed by atoms with Crippen LogP contribution in [0.3, 0.4) is 0 Å². The van der Waals surface area contributed by atoms with Gasteiger partial charge in [0, 0.05) is 12.5 Å². The van der Waals surface area contributed by atoms with Crippen LogP contribution in [0.2, 0.25) is 0 Å². The van der Waals surface area contributed by atoms with Crippen LogP contribution >= 0.6 is 0 Å². The first-order chi connectivity index (χ1) is 6.18. The van der Waals surface area contributed by atoms with E-state index in [2.05, 4.69) is 0 Å². The van der Waals surface area contributed by atoms with Crippen LogP contribution in [-0.2, 0) is 0 Å². The van der Waals surface area contributed by atoms with Crippen LogP contribution in [0.1, 0.15) is 11.5 Å². The van der Waals surface area contributed by atoms with Gasteiger partial charge in [0.25, 0.3) is 5.92 Å². The summed E-state index contributed by atoms with van der Waals surface area (Å²) in [4.78, 5) is 0. The van der Waals surface area contributed by atoms with E-state index < -0.39 is 17.8 Å². The fraction of sp³-hybridized carbons (Fsp3) is 0.400. The van der Waals surface area contributed by atoms with Gasteiger partial charge < -0.3 is 5.73 Å². The van der Waals surface area contributed by atoms with Crippen LogP contribution in [0.4, 0.5) is 8.78 Å². The van der Waals surface area contributed by atoms with Gasteiger partial charge in [-0.2, -0.15) is 0 Å². The third-order valence-electron chi connectivity index (χ3n) is 2.61. The first-order valence-corrected chi connectivity index (χ1v) is 4.30. The first kappa shape index (κ1) is 8.63. The molecular formula is C10H11F2N. The van der Waals surface area contributed by atoms with Crippen molar-refractivity contribution in [2.45, 2.75) is 11.8 Å². The summed E-state index contributed by atoms with van der Waals surface area (Å²) in [7, 11) is 0. The van der Waals surface area contributed by atoms with Gasteiger partial charge in [-0.05, 0) is 5.56 Å². The quantitative estimate of drug-likeness (QED) is 0.745. The summed E-state index contributed by atoms with van der Waals surface area (Å²) in [5, 5.41) is 0. The summed E-state index contributed by atoms with van der Waals surface area (Å²) in [6.45, 7) is 0.0621. The zero-order valence-corrected chi connectivity index (χ0v) is 7.08. The van der Waals surface area contributed by atoms with Gasteiger partial charge in [0.2, 0.25) is 0 Å². The maximum atomic E-state index is 13.1. The van der Waals surface area contributed by atoms with Crippen molar-refractivity contribution < 1.29 is 8.78 Å². The number of hydrogen-bond acceptors (Lipinski definition) is 1. The molecule has 1 aliphatic rings. The Morgan fingerprint density at radius 2 is 1.85 bits per heavy atom. The molecular weight excluding hydrogens is 172 g/mol. The predicted molar refractivity (Wildman–Crippen MR) is 46.7 cm³/mol. The Labute approximate surface area is 75.6 Å². The van der Waals surface area contributed by atoms with Crippen molar-refractivity contribution >= 4 is 0 Å². The zero-order chi connectivity index (χ0) is 9.47. The average molecular weight is 183 g/mol. The van der Waals surface area contributed by atoms with E-state index in [0.717, 1.165) is 0 Å². The van der Waals surface area contributed by atoms with Crippen LogP contribution < -0.4 is 5.73 Å². The van der Waals surface area contributed by atoms with Gasteiger partial charge in [-0.3, -0.25) is 0 Å². The highest BCUT2D eigenvalue weighted by Crippen LogP contribution is 2.60. The number of halogens is 2. The molecule has 0 aromatic heterocycles. The zero-order valence-electron chi connectivity index (χ0n) is 7.08. The van der Waals surface area contributed by atoms with E-state index >= 15 is 0 Å². The lowest BCUT2D eigenvalue weighted by atomic mass is 10.1. The van der Waals surface area contributed by atoms with Crippen LogP contribution in [0.15, 0.2) is 30.3 Å². The molecule has 1 aromatic carbocycles. The lowest BCUT2D eigenvalue weighted by Gasteiger charge is -1.96. The highest BCUT2D eigenvalue weighted by atomic mass is 19.3. The molecule has 0 unspecified atom stereocenters. The van der Waals surface area contributed by atoms with Crippen molar-refractivity contribution in [1.29, 1.82) is 0 Å². The van der Waals surface area contributed by atoms with Crippen molar-refractivity contribution in [2.24, 2.45) is 11.7 Å². The predicted octanol–water partition coefficient (Wildman–Crippen LogP) is 1.99. The maximum absolute atomic E-state index is 13.1. The molecule has 2 N–H and O–H groups in total. The number of alkyl halides is 2. The van der Waals surface area contributed by atoms with Crippen LogP contribution in [0, 0.1) is 5.92 Å². The summed E-state index contributed by atoms with van der Waals surface area (Å²) in [5.41, 5.74) is 5.95. The summed E-state index contributed by atoms with van der Waals surface area (Å²) in [6, 6.07) is 8.83. The Balaban J connectivity index is 2.22. The van der Waals surface area contributed by atoms with Crippen LogP contribution in [-0.4, -0.2) is 12.5 Å². The van der Waals surface area contributed by atoms with Crippen molar-refractivity contribution in [2.75, 3.05) is 6.54 Å². The normalized spacial score (nSPS) is 30.1. The monoisotopic (exact) mass is 183 g/mol. The van der Waals surface area contributed by atoms with Gasteiger partial charge in [-0.15, -0.1) is 0 Å². The van der Waals surface area contributed by atoms with E-state index in [-0.39, 0.29) is 6.54 Å². The summed E-state index contributed by atoms with van der Waals surface area (Å²) in [6.07, 6.45) is 0. The highest BCUT2D eigenvalue weighted by molar-refractivity contribution is 5.32. The van der Waals surface area contributed by atoms with E-state index in [1.807, 2.05) is 6.07 Å². The molecule has 0 radical (unpaired) electrons. The molecule has 0 saturated heterocycles. The minimum atomic E-state index is -2.59. The van der Waals surface area contributed by atoms with Crippen molar-refractivity contribution in [1.82, 2.24) is 0 Å². The summed E-state index contributed by atoms with van der Waals surface area (Å²) < 4.78 is 26.1. The van der Waals surface area contributed by atoms with Crippen molar-refractivity contribution in [3.63, 3.8) is 0 Å². The first-order valence-electron chi connectivity index (χ1n) is 4.30. The summed E-state index contributed by atoms with van der Waals surface area (Å²) in [5.74, 6) is -3.90. The Bertz CT molecular complexity index is 297. The molecule has 2 atom stereocenters. The molecule has 70 valence electrons. The molecule has 13 heavy (non-hydrogen) atoms. The van der Waals surface area contributed by atoms with Crippen molar-refractivity contribution in [3.8, 4) is 0 Å². The third-order valence-corrected chi connectivity index (χ3v) is 2.61. The number of benzene rings is 1. The van der Waals surface area contributed by atoms with E-state index in [9.17, 15) is 8.78 Å². The largest absolute Gasteiger partial charge is 0.330 e. The minimum Gasteiger partial charge on any atom is -0.330 e. The molecule has 1 saturated carbocycles. The molecule has 0 aliphatic heterocycles. The minimum absolute atomic E-state index is 0.0621. The highest BCUT2D eigenvalue weighted by Gasteiger charge is 2.67. The van der Waals surface area contributed by atoms with E-state index in [4.69, 9.17) is 5.73 Å². The number of rotatable bonds is 2. The van der Waals surface area contributed by atoms with Gasteiger partial charge in [-0.1, -0.05) is 30.3 Å². The van der Waals surface area contributed by atoms with E-state index in [1.165, 1.54) is 0 Å². The smallest absolute Gasteiger partial charge is 0.260 e. The van der Waals surface area contributed by atoms with Gasteiger partial charge in [0.05, 0.1) is 5.92 Å². The molecule has 1 nitrogen and oxygen atoms in total. The standard InChI is InChI=1S/C10H11F2N/c11-10(12)8(6-13)9(10)7-4-2-1-3-5-7/h1-5,8-9H,6,13H2/t8-,9+/m1/s1. The SMILES string of the molecule is NC[C@@H]1[C@H](c2ccccc2)C1(F)F. The fourth-order valence-corrected chi connectivity index (χ4v) is 1.80. The lowest BCUT2D eigenvalue weighted by Crippen LogP contribution is -2.06. The van der Waals surface area contributed by atoms with E-state index in [0.29, 0.717) is 5.56 Å². The van der Waals surface area contributed by atoms with Gasteiger partial charge in [0.15, 0.2) is 0 Å². The maximum Gasteiger partial charge on any atom is 0.260 e. The molecule has 0 spiro atoms. The lowest BCUT2D eigenvalue weighted by molar-refractivity contribution is 0.0947. The average Bonchev–Trinajstić information content (AvgIpc) is 2.69.